The summed E-state index contributed by atoms with van der Waals surface area (Å²) in [5.74, 6) is 0.509. The van der Waals surface area contributed by atoms with Crippen molar-refractivity contribution >= 4 is 18.4 Å². The highest BCUT2D eigenvalue weighted by Crippen LogP contribution is 2.21. The van der Waals surface area contributed by atoms with Crippen molar-refractivity contribution in [2.45, 2.75) is 40.3 Å². The van der Waals surface area contributed by atoms with Crippen LogP contribution in [0.5, 0.6) is 0 Å². The molecule has 1 atom stereocenters. The SMILES string of the molecule is CCOC(=O)Cn1nc(C)c(CN2CCC(CNC)C2)c1C.Cl. The number of nitrogens with one attached hydrogen (secondary N) is 1. The summed E-state index contributed by atoms with van der Waals surface area (Å²) in [4.78, 5) is 14.1. The molecule has 23 heavy (non-hydrogen) atoms. The molecule has 132 valence electrons. The Kier molecular flexibility index (Phi) is 8.02. The van der Waals surface area contributed by atoms with Crippen LogP contribution in [0.1, 0.15) is 30.3 Å². The molecule has 0 bridgehead atoms. The molecule has 0 radical (unpaired) electrons. The van der Waals surface area contributed by atoms with Crippen molar-refractivity contribution in [3.05, 3.63) is 17.0 Å². The topological polar surface area (TPSA) is 59.4 Å². The van der Waals surface area contributed by atoms with Crippen LogP contribution in [0.15, 0.2) is 0 Å². The number of ether oxygens (including phenoxy) is 1. The van der Waals surface area contributed by atoms with E-state index in [2.05, 4.69) is 15.3 Å². The fraction of sp³-hybridized carbons (Fsp3) is 0.750. The summed E-state index contributed by atoms with van der Waals surface area (Å²) in [5.41, 5.74) is 3.33. The second kappa shape index (κ2) is 9.25. The van der Waals surface area contributed by atoms with Crippen molar-refractivity contribution in [1.29, 1.82) is 0 Å². The van der Waals surface area contributed by atoms with Gasteiger partial charge in [0.05, 0.1) is 12.3 Å². The lowest BCUT2D eigenvalue weighted by Gasteiger charge is -2.16. The average molecular weight is 345 g/mol. The van der Waals surface area contributed by atoms with Crippen LogP contribution in [0.4, 0.5) is 0 Å². The van der Waals surface area contributed by atoms with Crippen LogP contribution in [0.2, 0.25) is 0 Å². The van der Waals surface area contributed by atoms with E-state index in [4.69, 9.17) is 4.74 Å². The third-order valence-electron chi connectivity index (χ3n) is 4.36. The lowest BCUT2D eigenvalue weighted by molar-refractivity contribution is -0.144. The van der Waals surface area contributed by atoms with Gasteiger partial charge in [-0.3, -0.25) is 14.4 Å². The summed E-state index contributed by atoms with van der Waals surface area (Å²) in [7, 11) is 2.01. The molecule has 1 aliphatic heterocycles. The molecule has 0 saturated carbocycles. The number of hydrogen-bond donors (Lipinski definition) is 1. The van der Waals surface area contributed by atoms with Gasteiger partial charge in [0, 0.05) is 24.3 Å². The van der Waals surface area contributed by atoms with Crippen LogP contribution in [0.3, 0.4) is 0 Å². The Bertz CT molecular complexity index is 518. The summed E-state index contributed by atoms with van der Waals surface area (Å²) in [6.07, 6.45) is 1.25. The number of hydrogen-bond acceptors (Lipinski definition) is 5. The van der Waals surface area contributed by atoms with Crippen LogP contribution in [0.25, 0.3) is 0 Å². The van der Waals surface area contributed by atoms with Crippen LogP contribution in [-0.2, 0) is 22.6 Å². The van der Waals surface area contributed by atoms with E-state index in [0.29, 0.717) is 6.61 Å². The van der Waals surface area contributed by atoms with Gasteiger partial charge in [-0.25, -0.2) is 0 Å². The minimum atomic E-state index is -0.227. The second-order valence-electron chi connectivity index (χ2n) is 6.06. The minimum Gasteiger partial charge on any atom is -0.465 e. The maximum Gasteiger partial charge on any atom is 0.327 e. The van der Waals surface area contributed by atoms with Crippen molar-refractivity contribution in [2.75, 3.05) is 33.3 Å². The number of carbonyl (C=O) groups excluding carboxylic acids is 1. The summed E-state index contributed by atoms with van der Waals surface area (Å²) in [5, 5.41) is 7.77. The number of aryl methyl sites for hydroxylation is 1. The highest BCUT2D eigenvalue weighted by molar-refractivity contribution is 5.85. The Hall–Kier alpha value is -1.11. The van der Waals surface area contributed by atoms with Gasteiger partial charge < -0.3 is 10.1 Å². The third kappa shape index (κ3) is 5.19. The summed E-state index contributed by atoms with van der Waals surface area (Å²) < 4.78 is 6.77. The number of nitrogens with zero attached hydrogens (tertiary/aromatic N) is 3. The molecule has 6 nitrogen and oxygen atoms in total. The smallest absolute Gasteiger partial charge is 0.327 e. The predicted octanol–water partition coefficient (Wildman–Crippen LogP) is 1.53. The quantitative estimate of drug-likeness (QED) is 0.760. The van der Waals surface area contributed by atoms with Gasteiger partial charge >= 0.3 is 5.97 Å². The number of aromatic nitrogens is 2. The zero-order valence-electron chi connectivity index (χ0n) is 14.6. The lowest BCUT2D eigenvalue weighted by atomic mass is 10.1. The van der Waals surface area contributed by atoms with Crippen molar-refractivity contribution < 1.29 is 9.53 Å². The second-order valence-corrected chi connectivity index (χ2v) is 6.06. The van der Waals surface area contributed by atoms with Gasteiger partial charge in [0.1, 0.15) is 6.54 Å². The lowest BCUT2D eigenvalue weighted by Crippen LogP contribution is -2.24. The summed E-state index contributed by atoms with van der Waals surface area (Å²) in [6, 6.07) is 0. The fourth-order valence-corrected chi connectivity index (χ4v) is 3.18. The molecular weight excluding hydrogens is 316 g/mol. The molecule has 2 heterocycles. The average Bonchev–Trinajstić information content (AvgIpc) is 3.00. The van der Waals surface area contributed by atoms with E-state index in [-0.39, 0.29) is 24.9 Å². The van der Waals surface area contributed by atoms with Crippen molar-refractivity contribution in [2.24, 2.45) is 5.92 Å². The maximum atomic E-state index is 11.6. The number of carbonyl (C=O) groups is 1. The normalized spacial score (nSPS) is 18.0. The number of likely N-dealkylation sites (tertiary alicyclic amines) is 1. The minimum absolute atomic E-state index is 0. The molecule has 0 amide bonds. The zero-order valence-corrected chi connectivity index (χ0v) is 15.4. The van der Waals surface area contributed by atoms with E-state index in [1.165, 1.54) is 12.0 Å². The Morgan fingerprint density at radius 3 is 2.83 bits per heavy atom. The molecule has 1 saturated heterocycles. The molecule has 1 fully saturated rings. The van der Waals surface area contributed by atoms with Gasteiger partial charge in [-0.1, -0.05) is 0 Å². The molecule has 1 N–H and O–H groups in total. The van der Waals surface area contributed by atoms with E-state index in [9.17, 15) is 4.79 Å². The number of rotatable bonds is 7. The van der Waals surface area contributed by atoms with Crippen molar-refractivity contribution in [1.82, 2.24) is 20.0 Å². The zero-order chi connectivity index (χ0) is 16.1. The third-order valence-corrected chi connectivity index (χ3v) is 4.36. The molecule has 7 heteroatoms. The Morgan fingerprint density at radius 1 is 1.43 bits per heavy atom. The van der Waals surface area contributed by atoms with Crippen molar-refractivity contribution in [3.63, 3.8) is 0 Å². The predicted molar refractivity (Wildman–Crippen MR) is 92.9 cm³/mol. The first-order valence-electron chi connectivity index (χ1n) is 8.10. The molecule has 0 aliphatic carbocycles. The molecule has 1 aromatic heterocycles. The molecule has 2 rings (SSSR count). The van der Waals surface area contributed by atoms with Gasteiger partial charge in [0.2, 0.25) is 0 Å². The van der Waals surface area contributed by atoms with Crippen molar-refractivity contribution in [3.8, 4) is 0 Å². The van der Waals surface area contributed by atoms with E-state index in [0.717, 1.165) is 43.5 Å². The largest absolute Gasteiger partial charge is 0.465 e. The van der Waals surface area contributed by atoms with E-state index >= 15 is 0 Å². The molecule has 1 aromatic rings. The molecular formula is C16H29ClN4O2. The van der Waals surface area contributed by atoms with Crippen LogP contribution in [-0.4, -0.2) is 53.9 Å². The molecule has 0 spiro atoms. The van der Waals surface area contributed by atoms with Gasteiger partial charge in [-0.15, -0.1) is 12.4 Å². The van der Waals surface area contributed by atoms with Gasteiger partial charge in [0.25, 0.3) is 0 Å². The highest BCUT2D eigenvalue weighted by Gasteiger charge is 2.24. The van der Waals surface area contributed by atoms with Gasteiger partial charge in [-0.05, 0) is 53.2 Å². The molecule has 0 aromatic carbocycles. The van der Waals surface area contributed by atoms with Gasteiger partial charge in [0.15, 0.2) is 0 Å². The maximum absolute atomic E-state index is 11.6. The monoisotopic (exact) mass is 344 g/mol. The standard InChI is InChI=1S/C16H28N4O2.ClH/c1-5-22-16(21)11-20-13(3)15(12(2)18-20)10-19-7-6-14(9-19)8-17-4;/h14,17H,5-11H2,1-4H3;1H. The Morgan fingerprint density at radius 2 is 2.17 bits per heavy atom. The van der Waals surface area contributed by atoms with Crippen LogP contribution in [0, 0.1) is 19.8 Å². The first-order valence-corrected chi connectivity index (χ1v) is 8.10. The Labute approximate surface area is 145 Å². The molecule has 1 unspecified atom stereocenters. The summed E-state index contributed by atoms with van der Waals surface area (Å²) in [6.45, 7) is 10.7. The Balaban J connectivity index is 0.00000264. The number of esters is 1. The molecule has 1 aliphatic rings. The van der Waals surface area contributed by atoms with Gasteiger partial charge in [-0.2, -0.15) is 5.10 Å². The number of halogens is 1. The van der Waals surface area contributed by atoms with E-state index in [1.54, 1.807) is 4.68 Å². The highest BCUT2D eigenvalue weighted by atomic mass is 35.5. The fourth-order valence-electron chi connectivity index (χ4n) is 3.18. The first-order chi connectivity index (χ1) is 10.5. The summed E-state index contributed by atoms with van der Waals surface area (Å²) >= 11 is 0. The van der Waals surface area contributed by atoms with Crippen LogP contribution < -0.4 is 5.32 Å². The van der Waals surface area contributed by atoms with E-state index in [1.807, 2.05) is 27.8 Å². The van der Waals surface area contributed by atoms with Crippen LogP contribution >= 0.6 is 12.4 Å². The first kappa shape index (κ1) is 19.9. The van der Waals surface area contributed by atoms with E-state index < -0.39 is 0 Å².